The highest BCUT2D eigenvalue weighted by molar-refractivity contribution is 7.89. The predicted molar refractivity (Wildman–Crippen MR) is 108 cm³/mol. The lowest BCUT2D eigenvalue weighted by molar-refractivity contribution is -0.117. The first-order valence-electron chi connectivity index (χ1n) is 8.36. The second kappa shape index (κ2) is 8.84. The van der Waals surface area contributed by atoms with Crippen LogP contribution in [0.15, 0.2) is 47.4 Å². The molecule has 0 aliphatic carbocycles. The number of likely N-dealkylation sites (N-methyl/N-ethyl adjacent to an activating group) is 1. The van der Waals surface area contributed by atoms with Gasteiger partial charge in [-0.1, -0.05) is 35.9 Å². The van der Waals surface area contributed by atoms with Crippen molar-refractivity contribution in [2.45, 2.75) is 18.4 Å². The molecule has 0 heterocycles. The fourth-order valence-electron chi connectivity index (χ4n) is 2.52. The van der Waals surface area contributed by atoms with Crippen LogP contribution in [0, 0.1) is 6.92 Å². The quantitative estimate of drug-likeness (QED) is 0.763. The van der Waals surface area contributed by atoms with E-state index in [9.17, 15) is 13.2 Å². The molecule has 0 saturated heterocycles. The Morgan fingerprint density at radius 2 is 1.78 bits per heavy atom. The first-order valence-corrected chi connectivity index (χ1v) is 10.2. The Hall–Kier alpha value is -1.93. The van der Waals surface area contributed by atoms with Crippen molar-refractivity contribution in [2.75, 3.05) is 33.0 Å². The van der Waals surface area contributed by atoms with E-state index in [1.807, 2.05) is 43.1 Å². The van der Waals surface area contributed by atoms with Crippen LogP contribution in [0.3, 0.4) is 0 Å². The molecule has 6 nitrogen and oxygen atoms in total. The van der Waals surface area contributed by atoms with Crippen LogP contribution in [0.1, 0.15) is 11.1 Å². The van der Waals surface area contributed by atoms with E-state index >= 15 is 0 Å². The average Bonchev–Trinajstić information content (AvgIpc) is 2.58. The first-order chi connectivity index (χ1) is 12.6. The predicted octanol–water partition coefficient (Wildman–Crippen LogP) is 2.97. The molecule has 2 aromatic rings. The van der Waals surface area contributed by atoms with Crippen LogP contribution < -0.4 is 5.32 Å². The number of hydrogen-bond acceptors (Lipinski definition) is 4. The van der Waals surface area contributed by atoms with Crippen molar-refractivity contribution in [3.63, 3.8) is 0 Å². The summed E-state index contributed by atoms with van der Waals surface area (Å²) < 4.78 is 25.7. The second-order valence-corrected chi connectivity index (χ2v) is 9.14. The van der Waals surface area contributed by atoms with Gasteiger partial charge in [-0.15, -0.1) is 0 Å². The molecule has 0 aliphatic heterocycles. The maximum atomic E-state index is 12.4. The maximum absolute atomic E-state index is 12.4. The largest absolute Gasteiger partial charge is 0.325 e. The lowest BCUT2D eigenvalue weighted by atomic mass is 10.2. The standard InChI is InChI=1S/C19H24ClN3O3S/c1-14-9-10-16(27(25,26)22(2)3)11-18(14)21-19(24)13-23(4)12-15-7-5-6-8-17(15)20/h5-11H,12-13H2,1-4H3,(H,21,24). The van der Waals surface area contributed by atoms with E-state index in [0.717, 1.165) is 15.4 Å². The summed E-state index contributed by atoms with van der Waals surface area (Å²) in [5, 5.41) is 3.45. The molecule has 1 N–H and O–H groups in total. The zero-order chi connectivity index (χ0) is 20.2. The minimum absolute atomic E-state index is 0.137. The topological polar surface area (TPSA) is 69.7 Å². The van der Waals surface area contributed by atoms with Gasteiger partial charge in [0.05, 0.1) is 11.4 Å². The third kappa shape index (κ3) is 5.52. The molecular formula is C19H24ClN3O3S. The highest BCUT2D eigenvalue weighted by Crippen LogP contribution is 2.22. The number of benzene rings is 2. The Balaban J connectivity index is 2.08. The van der Waals surface area contributed by atoms with Gasteiger partial charge in [-0.05, 0) is 43.3 Å². The van der Waals surface area contributed by atoms with Crippen LogP contribution >= 0.6 is 11.6 Å². The van der Waals surface area contributed by atoms with Crippen molar-refractivity contribution >= 4 is 33.2 Å². The fraction of sp³-hybridized carbons (Fsp3) is 0.316. The van der Waals surface area contributed by atoms with Crippen LogP contribution in [0.5, 0.6) is 0 Å². The molecule has 0 aromatic heterocycles. The van der Waals surface area contributed by atoms with Crippen LogP contribution in [0.25, 0.3) is 0 Å². The summed E-state index contributed by atoms with van der Waals surface area (Å²) in [5.74, 6) is -0.230. The SMILES string of the molecule is Cc1ccc(S(=O)(=O)N(C)C)cc1NC(=O)CN(C)Cc1ccccc1Cl. The van der Waals surface area contributed by atoms with Gasteiger partial charge in [0.1, 0.15) is 0 Å². The number of amides is 1. The van der Waals surface area contributed by atoms with Crippen LogP contribution in [0.4, 0.5) is 5.69 Å². The van der Waals surface area contributed by atoms with Gasteiger partial charge in [-0.2, -0.15) is 0 Å². The lowest BCUT2D eigenvalue weighted by Gasteiger charge is -2.18. The molecular weight excluding hydrogens is 386 g/mol. The molecule has 0 fully saturated rings. The Morgan fingerprint density at radius 1 is 1.11 bits per heavy atom. The Kier molecular flexibility index (Phi) is 7.00. The minimum Gasteiger partial charge on any atom is -0.325 e. The van der Waals surface area contributed by atoms with E-state index in [1.165, 1.54) is 26.2 Å². The van der Waals surface area contributed by atoms with E-state index in [0.29, 0.717) is 17.3 Å². The van der Waals surface area contributed by atoms with E-state index < -0.39 is 10.0 Å². The second-order valence-electron chi connectivity index (χ2n) is 6.58. The molecule has 146 valence electrons. The molecule has 0 bridgehead atoms. The van der Waals surface area contributed by atoms with Crippen LogP contribution in [0.2, 0.25) is 5.02 Å². The average molecular weight is 410 g/mol. The molecule has 2 rings (SSSR count). The van der Waals surface area contributed by atoms with Gasteiger partial charge >= 0.3 is 0 Å². The van der Waals surface area contributed by atoms with Crippen molar-refractivity contribution < 1.29 is 13.2 Å². The number of sulfonamides is 1. The third-order valence-electron chi connectivity index (χ3n) is 4.07. The van der Waals surface area contributed by atoms with Gasteiger partial charge in [0.2, 0.25) is 15.9 Å². The number of aryl methyl sites for hydroxylation is 1. The molecule has 27 heavy (non-hydrogen) atoms. The summed E-state index contributed by atoms with van der Waals surface area (Å²) in [7, 11) is 1.20. The number of rotatable bonds is 7. The molecule has 0 unspecified atom stereocenters. The number of nitrogens with zero attached hydrogens (tertiary/aromatic N) is 2. The van der Waals surface area contributed by atoms with Crippen molar-refractivity contribution in [3.8, 4) is 0 Å². The third-order valence-corrected chi connectivity index (χ3v) is 6.25. The lowest BCUT2D eigenvalue weighted by Crippen LogP contribution is -2.30. The van der Waals surface area contributed by atoms with E-state index in [1.54, 1.807) is 6.07 Å². The van der Waals surface area contributed by atoms with Crippen molar-refractivity contribution in [2.24, 2.45) is 0 Å². The van der Waals surface area contributed by atoms with Crippen LogP contribution in [-0.2, 0) is 21.4 Å². The Bertz CT molecular complexity index is 930. The number of carbonyl (C=O) groups is 1. The number of anilines is 1. The number of hydrogen-bond donors (Lipinski definition) is 1. The molecule has 0 aliphatic rings. The van der Waals surface area contributed by atoms with Crippen molar-refractivity contribution in [1.29, 1.82) is 0 Å². The molecule has 2 aromatic carbocycles. The molecule has 0 atom stereocenters. The number of halogens is 1. The summed E-state index contributed by atoms with van der Waals surface area (Å²) in [6, 6.07) is 12.2. The first kappa shape index (κ1) is 21.4. The summed E-state index contributed by atoms with van der Waals surface area (Å²) >= 11 is 6.15. The fourth-order valence-corrected chi connectivity index (χ4v) is 3.64. The number of carbonyl (C=O) groups excluding carboxylic acids is 1. The normalized spacial score (nSPS) is 11.8. The molecule has 0 radical (unpaired) electrons. The van der Waals surface area contributed by atoms with E-state index in [2.05, 4.69) is 5.32 Å². The Morgan fingerprint density at radius 3 is 2.41 bits per heavy atom. The molecule has 1 amide bonds. The minimum atomic E-state index is -3.56. The van der Waals surface area contributed by atoms with Gasteiger partial charge in [-0.25, -0.2) is 12.7 Å². The smallest absolute Gasteiger partial charge is 0.242 e. The monoisotopic (exact) mass is 409 g/mol. The van der Waals surface area contributed by atoms with Gasteiger partial charge in [-0.3, -0.25) is 9.69 Å². The van der Waals surface area contributed by atoms with E-state index in [4.69, 9.17) is 11.6 Å². The van der Waals surface area contributed by atoms with Gasteiger partial charge in [0.15, 0.2) is 0 Å². The van der Waals surface area contributed by atoms with Gasteiger partial charge in [0, 0.05) is 31.4 Å². The van der Waals surface area contributed by atoms with Gasteiger partial charge < -0.3 is 5.32 Å². The molecule has 0 saturated carbocycles. The maximum Gasteiger partial charge on any atom is 0.242 e. The highest BCUT2D eigenvalue weighted by atomic mass is 35.5. The summed E-state index contributed by atoms with van der Waals surface area (Å²) in [6.07, 6.45) is 0. The number of nitrogens with one attached hydrogen (secondary N) is 1. The summed E-state index contributed by atoms with van der Waals surface area (Å²) in [6.45, 7) is 2.49. The Labute approximate surface area is 165 Å². The molecule has 8 heteroatoms. The van der Waals surface area contributed by atoms with Crippen molar-refractivity contribution in [1.82, 2.24) is 9.21 Å². The van der Waals surface area contributed by atoms with Crippen molar-refractivity contribution in [3.05, 3.63) is 58.6 Å². The zero-order valence-corrected chi connectivity index (χ0v) is 17.4. The van der Waals surface area contributed by atoms with E-state index in [-0.39, 0.29) is 17.3 Å². The highest BCUT2D eigenvalue weighted by Gasteiger charge is 2.19. The van der Waals surface area contributed by atoms with Gasteiger partial charge in [0.25, 0.3) is 0 Å². The summed E-state index contributed by atoms with van der Waals surface area (Å²) in [4.78, 5) is 14.4. The molecule has 0 spiro atoms. The zero-order valence-electron chi connectivity index (χ0n) is 15.9. The van der Waals surface area contributed by atoms with Crippen LogP contribution in [-0.4, -0.2) is 51.2 Å². The summed E-state index contributed by atoms with van der Waals surface area (Å²) in [5.41, 5.74) is 2.20.